The van der Waals surface area contributed by atoms with Crippen molar-refractivity contribution in [3.05, 3.63) is 0 Å². The van der Waals surface area contributed by atoms with Gasteiger partial charge in [0.15, 0.2) is 24.6 Å². The van der Waals surface area contributed by atoms with Crippen molar-refractivity contribution in [3.8, 4) is 0 Å². The highest BCUT2D eigenvalue weighted by Crippen LogP contribution is 2.19. The SMILES string of the molecule is COC(OC)[C@@H](OC(C)=O)[C@@H](OC(C)=O)[C@@H](COC(C)=O)OC(C)=O. The summed E-state index contributed by atoms with van der Waals surface area (Å²) in [5, 5.41) is 0. The molecular weight excluding hydrogens is 340 g/mol. The first-order chi connectivity index (χ1) is 11.6. The van der Waals surface area contributed by atoms with E-state index in [9.17, 15) is 19.2 Å². The molecule has 0 rings (SSSR count). The van der Waals surface area contributed by atoms with Crippen LogP contribution in [0.2, 0.25) is 0 Å². The summed E-state index contributed by atoms with van der Waals surface area (Å²) in [5.74, 6) is -2.82. The predicted molar refractivity (Wildman–Crippen MR) is 81.1 cm³/mol. The Morgan fingerprint density at radius 1 is 0.680 bits per heavy atom. The molecule has 0 bridgehead atoms. The summed E-state index contributed by atoms with van der Waals surface area (Å²) in [4.78, 5) is 45.3. The van der Waals surface area contributed by atoms with Gasteiger partial charge in [-0.15, -0.1) is 0 Å². The minimum absolute atomic E-state index is 0.426. The number of hydrogen-bond acceptors (Lipinski definition) is 10. The van der Waals surface area contributed by atoms with Crippen LogP contribution in [0.4, 0.5) is 0 Å². The molecule has 0 aliphatic carbocycles. The van der Waals surface area contributed by atoms with Crippen molar-refractivity contribution >= 4 is 23.9 Å². The van der Waals surface area contributed by atoms with Gasteiger partial charge in [-0.2, -0.15) is 0 Å². The van der Waals surface area contributed by atoms with Crippen molar-refractivity contribution in [1.82, 2.24) is 0 Å². The van der Waals surface area contributed by atoms with E-state index in [0.717, 1.165) is 27.7 Å². The third kappa shape index (κ3) is 9.01. The largest absolute Gasteiger partial charge is 0.462 e. The van der Waals surface area contributed by atoms with E-state index in [4.69, 9.17) is 28.4 Å². The quantitative estimate of drug-likeness (QED) is 0.296. The van der Waals surface area contributed by atoms with Crippen LogP contribution in [-0.2, 0) is 47.6 Å². The average molecular weight is 364 g/mol. The van der Waals surface area contributed by atoms with Crippen LogP contribution in [0.5, 0.6) is 0 Å². The number of hydrogen-bond donors (Lipinski definition) is 0. The summed E-state index contributed by atoms with van der Waals surface area (Å²) in [5.41, 5.74) is 0. The molecule has 0 amide bonds. The van der Waals surface area contributed by atoms with Gasteiger partial charge in [0.1, 0.15) is 6.61 Å². The molecule has 0 heterocycles. The molecule has 0 fully saturated rings. The van der Waals surface area contributed by atoms with Crippen LogP contribution in [0.3, 0.4) is 0 Å². The third-order valence-electron chi connectivity index (χ3n) is 2.80. The van der Waals surface area contributed by atoms with Gasteiger partial charge in [-0.3, -0.25) is 19.2 Å². The zero-order valence-corrected chi connectivity index (χ0v) is 15.1. The molecule has 10 heteroatoms. The molecule has 0 aromatic heterocycles. The number of carbonyl (C=O) groups excluding carboxylic acids is 4. The monoisotopic (exact) mass is 364 g/mol. The summed E-state index contributed by atoms with van der Waals surface area (Å²) in [7, 11) is 2.56. The van der Waals surface area contributed by atoms with E-state index in [1.165, 1.54) is 14.2 Å². The van der Waals surface area contributed by atoms with E-state index in [0.29, 0.717) is 0 Å². The Balaban J connectivity index is 5.77. The highest BCUT2D eigenvalue weighted by Gasteiger charge is 2.42. The molecule has 0 aliphatic rings. The molecule has 0 N–H and O–H groups in total. The number of esters is 4. The van der Waals surface area contributed by atoms with Gasteiger partial charge >= 0.3 is 23.9 Å². The zero-order chi connectivity index (χ0) is 19.6. The Labute approximate surface area is 145 Å². The van der Waals surface area contributed by atoms with Crippen LogP contribution >= 0.6 is 0 Å². The smallest absolute Gasteiger partial charge is 0.303 e. The second-order valence-electron chi connectivity index (χ2n) is 4.94. The minimum atomic E-state index is -1.34. The number of carbonyl (C=O) groups is 4. The molecular formula is C15H24O10. The molecule has 0 aliphatic heterocycles. The molecule has 0 saturated heterocycles. The second-order valence-corrected chi connectivity index (χ2v) is 4.94. The van der Waals surface area contributed by atoms with Crippen LogP contribution in [0, 0.1) is 0 Å². The first-order valence-electron chi connectivity index (χ1n) is 7.32. The van der Waals surface area contributed by atoms with E-state index >= 15 is 0 Å². The number of ether oxygens (including phenoxy) is 6. The van der Waals surface area contributed by atoms with Crippen molar-refractivity contribution in [2.45, 2.75) is 52.3 Å². The van der Waals surface area contributed by atoms with E-state index in [2.05, 4.69) is 0 Å². The van der Waals surface area contributed by atoms with Crippen LogP contribution in [0.15, 0.2) is 0 Å². The lowest BCUT2D eigenvalue weighted by Gasteiger charge is -2.34. The number of methoxy groups -OCH3 is 2. The molecule has 0 spiro atoms. The Morgan fingerprint density at radius 2 is 1.12 bits per heavy atom. The van der Waals surface area contributed by atoms with E-state index in [1.54, 1.807) is 0 Å². The van der Waals surface area contributed by atoms with Gasteiger partial charge in [0, 0.05) is 41.9 Å². The molecule has 144 valence electrons. The third-order valence-corrected chi connectivity index (χ3v) is 2.80. The van der Waals surface area contributed by atoms with Crippen LogP contribution in [0.1, 0.15) is 27.7 Å². The van der Waals surface area contributed by atoms with Gasteiger partial charge in [0.2, 0.25) is 0 Å². The normalized spacial score (nSPS) is 14.2. The highest BCUT2D eigenvalue weighted by molar-refractivity contribution is 5.68. The predicted octanol–water partition coefficient (Wildman–Crippen LogP) is -0.0365. The Kier molecular flexibility index (Phi) is 10.4. The molecule has 0 saturated carbocycles. The maximum atomic E-state index is 11.5. The molecule has 0 radical (unpaired) electrons. The van der Waals surface area contributed by atoms with Crippen molar-refractivity contribution < 1.29 is 47.6 Å². The first-order valence-corrected chi connectivity index (χ1v) is 7.32. The van der Waals surface area contributed by atoms with Crippen molar-refractivity contribution in [2.24, 2.45) is 0 Å². The summed E-state index contributed by atoms with van der Waals surface area (Å²) < 4.78 is 30.3. The fraction of sp³-hybridized carbons (Fsp3) is 0.733. The van der Waals surface area contributed by atoms with E-state index < -0.39 is 55.1 Å². The lowest BCUT2D eigenvalue weighted by molar-refractivity contribution is -0.232. The van der Waals surface area contributed by atoms with Crippen molar-refractivity contribution in [2.75, 3.05) is 20.8 Å². The van der Waals surface area contributed by atoms with Gasteiger partial charge in [-0.05, 0) is 0 Å². The van der Waals surface area contributed by atoms with E-state index in [-0.39, 0.29) is 0 Å². The van der Waals surface area contributed by atoms with Gasteiger partial charge in [-0.1, -0.05) is 0 Å². The lowest BCUT2D eigenvalue weighted by Crippen LogP contribution is -2.53. The maximum Gasteiger partial charge on any atom is 0.303 e. The lowest BCUT2D eigenvalue weighted by atomic mass is 10.1. The molecule has 3 atom stereocenters. The topological polar surface area (TPSA) is 124 Å². The van der Waals surface area contributed by atoms with Gasteiger partial charge in [0.25, 0.3) is 0 Å². The molecule has 25 heavy (non-hydrogen) atoms. The fourth-order valence-corrected chi connectivity index (χ4v) is 1.99. The highest BCUT2D eigenvalue weighted by atomic mass is 16.7. The van der Waals surface area contributed by atoms with Crippen LogP contribution in [-0.4, -0.2) is 69.3 Å². The van der Waals surface area contributed by atoms with Crippen LogP contribution in [0.25, 0.3) is 0 Å². The first kappa shape index (κ1) is 22.8. The molecule has 0 aromatic carbocycles. The van der Waals surface area contributed by atoms with Crippen molar-refractivity contribution in [3.63, 3.8) is 0 Å². The molecule has 0 unspecified atom stereocenters. The second kappa shape index (κ2) is 11.4. The maximum absolute atomic E-state index is 11.5. The molecule has 10 nitrogen and oxygen atoms in total. The van der Waals surface area contributed by atoms with E-state index in [1.807, 2.05) is 0 Å². The van der Waals surface area contributed by atoms with Gasteiger partial charge in [0.05, 0.1) is 0 Å². The van der Waals surface area contributed by atoms with Gasteiger partial charge < -0.3 is 28.4 Å². The summed E-state index contributed by atoms with van der Waals surface area (Å²) in [6.07, 6.45) is -5.00. The minimum Gasteiger partial charge on any atom is -0.462 e. The van der Waals surface area contributed by atoms with Crippen molar-refractivity contribution in [1.29, 1.82) is 0 Å². The zero-order valence-electron chi connectivity index (χ0n) is 15.1. The van der Waals surface area contributed by atoms with Crippen LogP contribution < -0.4 is 0 Å². The number of rotatable bonds is 10. The Hall–Kier alpha value is -2.20. The van der Waals surface area contributed by atoms with Gasteiger partial charge in [-0.25, -0.2) is 0 Å². The summed E-state index contributed by atoms with van der Waals surface area (Å²) >= 11 is 0. The standard InChI is InChI=1S/C15H24O10/c1-8(16)22-7-12(23-9(2)17)13(24-10(3)18)14(25-11(4)19)15(20-5)21-6/h12-15H,7H2,1-6H3/t12-,13+,14+/m1/s1. The summed E-state index contributed by atoms with van der Waals surface area (Å²) in [6, 6.07) is 0. The summed E-state index contributed by atoms with van der Waals surface area (Å²) in [6.45, 7) is 4.10. The Morgan fingerprint density at radius 3 is 1.48 bits per heavy atom. The Bertz CT molecular complexity index is 471. The fourth-order valence-electron chi connectivity index (χ4n) is 1.99. The average Bonchev–Trinajstić information content (AvgIpc) is 2.48. The molecule has 0 aromatic rings.